The van der Waals surface area contributed by atoms with Gasteiger partial charge in [-0.15, -0.1) is 0 Å². The third-order valence-electron chi connectivity index (χ3n) is 8.42. The molecule has 0 aromatic heterocycles. The summed E-state index contributed by atoms with van der Waals surface area (Å²) in [4.78, 5) is 26.5. The van der Waals surface area contributed by atoms with Crippen LogP contribution in [0.25, 0.3) is 11.1 Å². The molecule has 7 heteroatoms. The summed E-state index contributed by atoms with van der Waals surface area (Å²) in [5, 5.41) is 2.79. The Kier molecular flexibility index (Phi) is 10.8. The van der Waals surface area contributed by atoms with Crippen molar-refractivity contribution in [2.45, 2.75) is 44.8 Å². The lowest BCUT2D eigenvalue weighted by Gasteiger charge is -2.19. The van der Waals surface area contributed by atoms with Crippen molar-refractivity contribution >= 4 is 23.8 Å². The van der Waals surface area contributed by atoms with Crippen LogP contribution in [0.3, 0.4) is 0 Å². The van der Waals surface area contributed by atoms with Gasteiger partial charge in [-0.2, -0.15) is 11.8 Å². The highest BCUT2D eigenvalue weighted by molar-refractivity contribution is 7.98. The van der Waals surface area contributed by atoms with Gasteiger partial charge in [0.15, 0.2) is 0 Å². The third kappa shape index (κ3) is 8.47. The van der Waals surface area contributed by atoms with E-state index in [4.69, 9.17) is 14.2 Å². The Morgan fingerprint density at radius 1 is 0.667 bits per heavy atom. The van der Waals surface area contributed by atoms with E-state index in [9.17, 15) is 9.59 Å². The van der Waals surface area contributed by atoms with E-state index in [2.05, 4.69) is 85.0 Å². The smallest absolute Gasteiger partial charge is 0.407 e. The summed E-state index contributed by atoms with van der Waals surface area (Å²) in [7, 11) is 0. The number of hydrogen-bond acceptors (Lipinski definition) is 6. The van der Waals surface area contributed by atoms with E-state index in [0.29, 0.717) is 18.1 Å². The van der Waals surface area contributed by atoms with Crippen molar-refractivity contribution < 1.29 is 23.8 Å². The average Bonchev–Trinajstić information content (AvgIpc) is 3.43. The zero-order valence-corrected chi connectivity index (χ0v) is 28.0. The second-order valence-corrected chi connectivity index (χ2v) is 13.1. The van der Waals surface area contributed by atoms with Gasteiger partial charge in [-0.05, 0) is 64.9 Å². The SMILES string of the molecule is Cc1ccc(COc2ccc(COC(=O)[C@H](CSCc3ccc(C)cc3)NC(=O)OCC3c4ccccc4-c4ccccc43)cc2)cc1. The highest BCUT2D eigenvalue weighted by Gasteiger charge is 2.30. The standard InChI is InChI=1S/C41H39NO5S/c1-28-11-15-30(16-12-28)23-45-33-21-19-31(20-22-33)24-46-40(43)39(27-48-26-32-17-13-29(2)14-18-32)42-41(44)47-25-38-36-9-5-3-7-34(36)35-8-4-6-10-37(35)38/h3-22,38-39H,23-27H2,1-2H3,(H,42,44)/t39-/m0/s1. The monoisotopic (exact) mass is 657 g/mol. The molecule has 5 aromatic rings. The lowest BCUT2D eigenvalue weighted by Crippen LogP contribution is -2.44. The number of carbonyl (C=O) groups is 2. The maximum absolute atomic E-state index is 13.3. The molecule has 6 nitrogen and oxygen atoms in total. The molecule has 0 fully saturated rings. The van der Waals surface area contributed by atoms with Gasteiger partial charge in [0.1, 0.15) is 31.6 Å². The number of carbonyl (C=O) groups excluding carboxylic acids is 2. The van der Waals surface area contributed by atoms with Gasteiger partial charge < -0.3 is 19.5 Å². The number of benzene rings is 5. The van der Waals surface area contributed by atoms with E-state index < -0.39 is 18.1 Å². The van der Waals surface area contributed by atoms with Crippen LogP contribution in [0.1, 0.15) is 44.9 Å². The van der Waals surface area contributed by atoms with Crippen molar-refractivity contribution in [3.8, 4) is 16.9 Å². The summed E-state index contributed by atoms with van der Waals surface area (Å²) in [5.74, 6) is 1.17. The number of fused-ring (bicyclic) bond motifs is 3. The van der Waals surface area contributed by atoms with Gasteiger partial charge in [0.2, 0.25) is 0 Å². The van der Waals surface area contributed by atoms with Gasteiger partial charge >= 0.3 is 12.1 Å². The van der Waals surface area contributed by atoms with Crippen LogP contribution in [0.4, 0.5) is 4.79 Å². The zero-order valence-electron chi connectivity index (χ0n) is 27.2. The molecule has 0 saturated heterocycles. The predicted molar refractivity (Wildman–Crippen MR) is 191 cm³/mol. The highest BCUT2D eigenvalue weighted by atomic mass is 32.2. The minimum atomic E-state index is -0.881. The second-order valence-electron chi connectivity index (χ2n) is 12.0. The molecule has 48 heavy (non-hydrogen) atoms. The third-order valence-corrected chi connectivity index (χ3v) is 9.53. The van der Waals surface area contributed by atoms with Crippen LogP contribution in [0.5, 0.6) is 5.75 Å². The number of amides is 1. The maximum Gasteiger partial charge on any atom is 0.407 e. The molecule has 0 aliphatic heterocycles. The van der Waals surface area contributed by atoms with Crippen LogP contribution >= 0.6 is 11.8 Å². The first-order chi connectivity index (χ1) is 23.4. The Morgan fingerprint density at radius 2 is 1.21 bits per heavy atom. The molecule has 5 aromatic carbocycles. The second kappa shape index (κ2) is 15.7. The van der Waals surface area contributed by atoms with Crippen molar-refractivity contribution in [1.82, 2.24) is 5.32 Å². The predicted octanol–water partition coefficient (Wildman–Crippen LogP) is 8.77. The first-order valence-electron chi connectivity index (χ1n) is 16.1. The molecule has 1 aliphatic carbocycles. The van der Waals surface area contributed by atoms with E-state index in [1.54, 1.807) is 11.8 Å². The molecule has 244 valence electrons. The Bertz CT molecular complexity index is 1790. The Hall–Kier alpha value is -5.01. The molecule has 0 unspecified atom stereocenters. The first-order valence-corrected chi connectivity index (χ1v) is 17.3. The Morgan fingerprint density at radius 3 is 1.83 bits per heavy atom. The average molecular weight is 658 g/mol. The fraction of sp³-hybridized carbons (Fsp3) is 0.220. The van der Waals surface area contributed by atoms with Gasteiger partial charge in [-0.1, -0.05) is 120 Å². The molecule has 6 rings (SSSR count). The van der Waals surface area contributed by atoms with Crippen molar-refractivity contribution in [3.63, 3.8) is 0 Å². The molecule has 0 heterocycles. The van der Waals surface area contributed by atoms with Crippen LogP contribution in [0, 0.1) is 13.8 Å². The number of ether oxygens (including phenoxy) is 3. The van der Waals surface area contributed by atoms with Crippen molar-refractivity contribution in [3.05, 3.63) is 160 Å². The summed E-state index contributed by atoms with van der Waals surface area (Å²) in [6.45, 7) is 4.81. The normalized spacial score (nSPS) is 12.5. The molecule has 1 N–H and O–H groups in total. The van der Waals surface area contributed by atoms with E-state index >= 15 is 0 Å². The van der Waals surface area contributed by atoms with Crippen molar-refractivity contribution in [2.75, 3.05) is 12.4 Å². The van der Waals surface area contributed by atoms with Crippen LogP contribution in [-0.2, 0) is 33.2 Å². The molecular formula is C41H39NO5S. The molecular weight excluding hydrogens is 619 g/mol. The van der Waals surface area contributed by atoms with Crippen LogP contribution < -0.4 is 10.1 Å². The van der Waals surface area contributed by atoms with E-state index in [-0.39, 0.29) is 19.1 Å². The molecule has 0 saturated carbocycles. The number of hydrogen-bond donors (Lipinski definition) is 1. The number of alkyl carbamates (subject to hydrolysis) is 1. The van der Waals surface area contributed by atoms with Crippen LogP contribution in [0.15, 0.2) is 121 Å². The van der Waals surface area contributed by atoms with Gasteiger partial charge in [-0.25, -0.2) is 9.59 Å². The topological polar surface area (TPSA) is 73.9 Å². The van der Waals surface area contributed by atoms with Crippen LogP contribution in [0.2, 0.25) is 0 Å². The zero-order chi connectivity index (χ0) is 33.3. The van der Waals surface area contributed by atoms with Crippen LogP contribution in [-0.4, -0.2) is 30.5 Å². The van der Waals surface area contributed by atoms with E-state index in [1.165, 1.54) is 11.1 Å². The minimum absolute atomic E-state index is 0.0720. The number of aryl methyl sites for hydroxylation is 2. The largest absolute Gasteiger partial charge is 0.489 e. The van der Waals surface area contributed by atoms with Gasteiger partial charge in [0, 0.05) is 17.4 Å². The highest BCUT2D eigenvalue weighted by Crippen LogP contribution is 2.44. The van der Waals surface area contributed by atoms with Crippen molar-refractivity contribution in [2.24, 2.45) is 0 Å². The van der Waals surface area contributed by atoms with Gasteiger partial charge in [0.05, 0.1) is 0 Å². The Labute approximate surface area is 286 Å². The van der Waals surface area contributed by atoms with E-state index in [0.717, 1.165) is 44.7 Å². The molecule has 0 spiro atoms. The number of rotatable bonds is 13. The molecule has 1 aliphatic rings. The molecule has 1 atom stereocenters. The number of esters is 1. The Balaban J connectivity index is 1.05. The molecule has 1 amide bonds. The lowest BCUT2D eigenvalue weighted by atomic mass is 9.98. The molecule has 0 bridgehead atoms. The fourth-order valence-electron chi connectivity index (χ4n) is 5.72. The lowest BCUT2D eigenvalue weighted by molar-refractivity contribution is -0.146. The maximum atomic E-state index is 13.3. The van der Waals surface area contributed by atoms with Gasteiger partial charge in [-0.3, -0.25) is 0 Å². The minimum Gasteiger partial charge on any atom is -0.489 e. The number of thioether (sulfide) groups is 1. The summed E-state index contributed by atoms with van der Waals surface area (Å²) in [6, 6.07) is 39.5. The fourth-order valence-corrected chi connectivity index (χ4v) is 6.72. The van der Waals surface area contributed by atoms with Crippen molar-refractivity contribution in [1.29, 1.82) is 0 Å². The first kappa shape index (κ1) is 32.9. The summed E-state index contributed by atoms with van der Waals surface area (Å²) in [5.41, 5.74) is 10.0. The quantitative estimate of drug-likeness (QED) is 0.128. The molecule has 0 radical (unpaired) electrons. The summed E-state index contributed by atoms with van der Waals surface area (Å²) in [6.07, 6.45) is -0.648. The van der Waals surface area contributed by atoms with Gasteiger partial charge in [0.25, 0.3) is 0 Å². The van der Waals surface area contributed by atoms with E-state index in [1.807, 2.05) is 55.5 Å². The summed E-state index contributed by atoms with van der Waals surface area (Å²) >= 11 is 1.56. The number of nitrogens with one attached hydrogen (secondary N) is 1. The summed E-state index contributed by atoms with van der Waals surface area (Å²) < 4.78 is 17.4.